The van der Waals surface area contributed by atoms with Gasteiger partial charge in [0.05, 0.1) is 5.41 Å². The van der Waals surface area contributed by atoms with Gasteiger partial charge in [0.2, 0.25) is 17.7 Å². The molecule has 0 radical (unpaired) electrons. The van der Waals surface area contributed by atoms with Gasteiger partial charge in [0.1, 0.15) is 12.6 Å². The number of fused-ring (bicyclic) bond motifs is 1. The number of hydrogen-bond acceptors (Lipinski definition) is 6. The van der Waals surface area contributed by atoms with Crippen LogP contribution in [0.3, 0.4) is 0 Å². The topological polar surface area (TPSA) is 123 Å². The number of allylic oxidation sites excluding steroid dienone is 2. The maximum atomic E-state index is 13.8. The molecule has 3 atom stereocenters. The number of hydrogen-bond donors (Lipinski definition) is 2. The Morgan fingerprint density at radius 2 is 1.83 bits per heavy atom. The number of nitrogens with zero attached hydrogens (tertiary/aromatic N) is 3. The maximum Gasteiger partial charge on any atom is 0.348 e. The lowest BCUT2D eigenvalue weighted by atomic mass is 9.75. The summed E-state index contributed by atoms with van der Waals surface area (Å²) in [5, 5.41) is 6.35. The van der Waals surface area contributed by atoms with Gasteiger partial charge >= 0.3 is 5.69 Å². The molecule has 5 rings (SSSR count). The van der Waals surface area contributed by atoms with Crippen molar-refractivity contribution in [1.29, 1.82) is 0 Å². The van der Waals surface area contributed by atoms with Crippen molar-refractivity contribution in [3.05, 3.63) is 76.0 Å². The monoisotopic (exact) mass is 575 g/mol. The standard InChI is InChI=1S/C32H41N5O5/c1-22-18-23(2)37(31(41)33-22)21-28(38)36-15-11-26-25(20-36)10-6-7-12-32(13-16-42-17-14-32)30(40)35-27(29(39)34-26)19-24-8-4-3-5-9-24/h3-9,18,25-27H,10-17,19-21H2,1-2H3,(H,34,39)(H,35,40)/b7-6+/t25-,26+,27-/m1/s1. The summed E-state index contributed by atoms with van der Waals surface area (Å²) >= 11 is 0. The van der Waals surface area contributed by atoms with Crippen LogP contribution in [0, 0.1) is 25.2 Å². The smallest absolute Gasteiger partial charge is 0.348 e. The highest BCUT2D eigenvalue weighted by atomic mass is 16.5. The van der Waals surface area contributed by atoms with Crippen molar-refractivity contribution in [1.82, 2.24) is 25.1 Å². The van der Waals surface area contributed by atoms with Crippen molar-refractivity contribution >= 4 is 17.7 Å². The zero-order valence-corrected chi connectivity index (χ0v) is 24.5. The molecule has 10 nitrogen and oxygen atoms in total. The normalized spacial score (nSPS) is 25.4. The minimum Gasteiger partial charge on any atom is -0.381 e. The molecule has 3 aliphatic heterocycles. The number of aryl methyl sites for hydroxylation is 2. The molecule has 2 N–H and O–H groups in total. The van der Waals surface area contributed by atoms with E-state index in [0.717, 1.165) is 5.56 Å². The van der Waals surface area contributed by atoms with Crippen LogP contribution in [-0.4, -0.2) is 70.6 Å². The summed E-state index contributed by atoms with van der Waals surface area (Å²) in [5.41, 5.74) is 1.25. The van der Waals surface area contributed by atoms with E-state index in [1.165, 1.54) is 4.57 Å². The van der Waals surface area contributed by atoms with Crippen LogP contribution in [0.2, 0.25) is 0 Å². The number of carbonyl (C=O) groups excluding carboxylic acids is 3. The van der Waals surface area contributed by atoms with Gasteiger partial charge in [-0.15, -0.1) is 0 Å². The van der Waals surface area contributed by atoms with Crippen LogP contribution in [0.1, 0.15) is 49.1 Å². The van der Waals surface area contributed by atoms with E-state index < -0.39 is 17.1 Å². The van der Waals surface area contributed by atoms with Crippen LogP contribution in [0.4, 0.5) is 0 Å². The first-order chi connectivity index (χ1) is 20.2. The molecular weight excluding hydrogens is 534 g/mol. The first kappa shape index (κ1) is 29.7. The van der Waals surface area contributed by atoms with Crippen molar-refractivity contribution < 1.29 is 19.1 Å². The van der Waals surface area contributed by atoms with Crippen molar-refractivity contribution in [2.24, 2.45) is 11.3 Å². The summed E-state index contributed by atoms with van der Waals surface area (Å²) < 4.78 is 6.99. The number of carbonyl (C=O) groups is 3. The number of benzene rings is 1. The molecule has 2 aromatic rings. The Morgan fingerprint density at radius 3 is 2.57 bits per heavy atom. The quantitative estimate of drug-likeness (QED) is 0.539. The number of ether oxygens (including phenoxy) is 1. The van der Waals surface area contributed by atoms with E-state index in [0.29, 0.717) is 76.2 Å². The second-order valence-corrected chi connectivity index (χ2v) is 11.9. The van der Waals surface area contributed by atoms with Crippen LogP contribution in [0.15, 0.2) is 53.3 Å². The second kappa shape index (κ2) is 13.0. The SMILES string of the molecule is Cc1cc(C)n(CC(=O)N2CC[C@@H]3NC(=O)[C@@H](Cc4ccccc4)NC(=O)C4(C/C=C/C[C@@H]3C2)CCOCC4)c(=O)n1. The van der Waals surface area contributed by atoms with Gasteiger partial charge in [0.15, 0.2) is 0 Å². The predicted octanol–water partition coefficient (Wildman–Crippen LogP) is 2.07. The molecule has 2 saturated heterocycles. The molecule has 1 aromatic carbocycles. The third kappa shape index (κ3) is 6.81. The molecule has 0 bridgehead atoms. The first-order valence-electron chi connectivity index (χ1n) is 14.9. The zero-order chi connectivity index (χ0) is 29.7. The number of amides is 3. The van der Waals surface area contributed by atoms with E-state index in [4.69, 9.17) is 4.74 Å². The van der Waals surface area contributed by atoms with Gasteiger partial charge in [0.25, 0.3) is 0 Å². The third-order valence-electron chi connectivity index (χ3n) is 9.00. The van der Waals surface area contributed by atoms with E-state index >= 15 is 0 Å². The summed E-state index contributed by atoms with van der Waals surface area (Å²) in [6.45, 7) is 5.46. The summed E-state index contributed by atoms with van der Waals surface area (Å²) in [6, 6.07) is 10.7. The average Bonchev–Trinajstić information content (AvgIpc) is 2.97. The highest BCUT2D eigenvalue weighted by molar-refractivity contribution is 5.90. The summed E-state index contributed by atoms with van der Waals surface area (Å²) in [5.74, 6) is -0.446. The van der Waals surface area contributed by atoms with Gasteiger partial charge in [-0.05, 0) is 57.6 Å². The zero-order valence-electron chi connectivity index (χ0n) is 24.5. The fourth-order valence-corrected chi connectivity index (χ4v) is 6.41. The molecular formula is C32H41N5O5. The molecule has 0 aliphatic carbocycles. The Bertz CT molecular complexity index is 1380. The number of nitrogens with one attached hydrogen (secondary N) is 2. The van der Waals surface area contributed by atoms with Crippen LogP contribution in [0.5, 0.6) is 0 Å². The summed E-state index contributed by atoms with van der Waals surface area (Å²) in [6.07, 6.45) is 7.59. The van der Waals surface area contributed by atoms with E-state index in [1.54, 1.807) is 24.8 Å². The second-order valence-electron chi connectivity index (χ2n) is 11.9. The van der Waals surface area contributed by atoms with Crippen LogP contribution < -0.4 is 16.3 Å². The highest BCUT2D eigenvalue weighted by Crippen LogP contribution is 2.36. The van der Waals surface area contributed by atoms with E-state index in [9.17, 15) is 19.2 Å². The lowest BCUT2D eigenvalue weighted by Crippen LogP contribution is -2.58. The third-order valence-corrected chi connectivity index (χ3v) is 9.00. The minimum absolute atomic E-state index is 0.00463. The molecule has 42 heavy (non-hydrogen) atoms. The molecule has 4 heterocycles. The fourth-order valence-electron chi connectivity index (χ4n) is 6.41. The molecule has 10 heteroatoms. The van der Waals surface area contributed by atoms with Crippen LogP contribution in [-0.2, 0) is 32.1 Å². The molecule has 0 saturated carbocycles. The minimum atomic E-state index is -0.716. The fraction of sp³-hybridized carbons (Fsp3) is 0.531. The Morgan fingerprint density at radius 1 is 1.07 bits per heavy atom. The molecule has 1 spiro atoms. The first-order valence-corrected chi connectivity index (χ1v) is 14.9. The molecule has 3 aliphatic rings. The van der Waals surface area contributed by atoms with Crippen molar-refractivity contribution in [3.63, 3.8) is 0 Å². The van der Waals surface area contributed by atoms with E-state index in [1.807, 2.05) is 30.3 Å². The number of likely N-dealkylation sites (tertiary alicyclic amines) is 1. The van der Waals surface area contributed by atoms with Gasteiger partial charge in [-0.1, -0.05) is 42.5 Å². The van der Waals surface area contributed by atoms with Crippen LogP contribution >= 0.6 is 0 Å². The van der Waals surface area contributed by atoms with Crippen LogP contribution in [0.25, 0.3) is 0 Å². The predicted molar refractivity (Wildman–Crippen MR) is 158 cm³/mol. The molecule has 0 unspecified atom stereocenters. The van der Waals surface area contributed by atoms with Crippen molar-refractivity contribution in [3.8, 4) is 0 Å². The number of rotatable bonds is 4. The lowest BCUT2D eigenvalue weighted by molar-refractivity contribution is -0.140. The molecule has 1 aromatic heterocycles. The number of piperidine rings is 1. The lowest BCUT2D eigenvalue weighted by Gasteiger charge is -2.40. The maximum absolute atomic E-state index is 13.8. The highest BCUT2D eigenvalue weighted by Gasteiger charge is 2.41. The molecule has 3 amide bonds. The largest absolute Gasteiger partial charge is 0.381 e. The Balaban J connectivity index is 1.36. The van der Waals surface area contributed by atoms with Crippen molar-refractivity contribution in [2.75, 3.05) is 26.3 Å². The molecule has 224 valence electrons. The van der Waals surface area contributed by atoms with E-state index in [2.05, 4.69) is 27.8 Å². The Kier molecular flexibility index (Phi) is 9.21. The van der Waals surface area contributed by atoms with Gasteiger partial charge in [-0.25, -0.2) is 4.79 Å². The Labute approximate surface area is 246 Å². The van der Waals surface area contributed by atoms with Gasteiger partial charge in [-0.2, -0.15) is 4.98 Å². The Hall–Kier alpha value is -3.79. The van der Waals surface area contributed by atoms with Gasteiger partial charge in [0, 0.05) is 56.1 Å². The summed E-state index contributed by atoms with van der Waals surface area (Å²) in [7, 11) is 0. The number of aromatic nitrogens is 2. The van der Waals surface area contributed by atoms with Gasteiger partial charge < -0.3 is 20.3 Å². The van der Waals surface area contributed by atoms with Gasteiger partial charge in [-0.3, -0.25) is 19.0 Å². The average molecular weight is 576 g/mol. The summed E-state index contributed by atoms with van der Waals surface area (Å²) in [4.78, 5) is 59.1. The molecule has 2 fully saturated rings. The van der Waals surface area contributed by atoms with E-state index in [-0.39, 0.29) is 36.2 Å². The van der Waals surface area contributed by atoms with Crippen molar-refractivity contribution in [2.45, 2.75) is 71.0 Å².